The van der Waals surface area contributed by atoms with Crippen molar-refractivity contribution >= 4 is 62.4 Å². The Hall–Kier alpha value is -1.65. The fraction of sp³-hybridized carbons (Fsp3) is 0.529. The first kappa shape index (κ1) is 21.6. The molecule has 0 saturated carbocycles. The van der Waals surface area contributed by atoms with Crippen LogP contribution in [0.15, 0.2) is 0 Å². The van der Waals surface area contributed by atoms with Gasteiger partial charge in [-0.25, -0.2) is 4.79 Å². The number of nitrogens with one attached hydrogen (secondary N) is 2. The second-order valence-electron chi connectivity index (χ2n) is 5.86. The van der Waals surface area contributed by atoms with E-state index < -0.39 is 5.97 Å². The third kappa shape index (κ3) is 5.43. The van der Waals surface area contributed by atoms with Gasteiger partial charge in [-0.2, -0.15) is 0 Å². The zero-order valence-corrected chi connectivity index (χ0v) is 18.0. The molecule has 0 atom stereocenters. The molecule has 2 amide bonds. The summed E-state index contributed by atoms with van der Waals surface area (Å²) in [4.78, 5) is 39.2. The Balaban J connectivity index is 2.10. The van der Waals surface area contributed by atoms with Crippen molar-refractivity contribution in [1.82, 2.24) is 10.2 Å². The maximum atomic E-state index is 12.4. The predicted octanol–water partition coefficient (Wildman–Crippen LogP) is 2.65. The van der Waals surface area contributed by atoms with E-state index in [4.69, 9.17) is 17.0 Å². The van der Waals surface area contributed by atoms with Crippen molar-refractivity contribution in [2.24, 2.45) is 0 Å². The summed E-state index contributed by atoms with van der Waals surface area (Å²) in [5.74, 6) is -1.01. The van der Waals surface area contributed by atoms with Crippen LogP contribution in [0.5, 0.6) is 0 Å². The van der Waals surface area contributed by atoms with E-state index in [9.17, 15) is 14.4 Å². The molecule has 148 valence electrons. The molecule has 1 aliphatic rings. The molecular formula is C17H23N3O4S3. The zero-order valence-electron chi connectivity index (χ0n) is 15.5. The molecule has 2 heterocycles. The number of likely N-dealkylation sites (tertiary alicyclic amines) is 1. The quantitative estimate of drug-likeness (QED) is 0.531. The van der Waals surface area contributed by atoms with Gasteiger partial charge in [0.15, 0.2) is 0 Å². The normalized spacial score (nSPS) is 13.4. The van der Waals surface area contributed by atoms with E-state index >= 15 is 0 Å². The topological polar surface area (TPSA) is 87.7 Å². The van der Waals surface area contributed by atoms with E-state index in [0.717, 1.165) is 37.3 Å². The summed E-state index contributed by atoms with van der Waals surface area (Å²) in [6, 6.07) is 0. The molecule has 27 heavy (non-hydrogen) atoms. The Morgan fingerprint density at radius 1 is 1.30 bits per heavy atom. The van der Waals surface area contributed by atoms with Gasteiger partial charge in [-0.15, -0.1) is 11.3 Å². The second kappa shape index (κ2) is 10.0. The molecule has 0 aromatic carbocycles. The summed E-state index contributed by atoms with van der Waals surface area (Å²) in [6.45, 7) is 5.44. The molecular weight excluding hydrogens is 406 g/mol. The Labute approximate surface area is 172 Å². The van der Waals surface area contributed by atoms with Gasteiger partial charge >= 0.3 is 5.97 Å². The van der Waals surface area contributed by atoms with Gasteiger partial charge in [-0.05, 0) is 32.3 Å². The molecule has 7 nitrogen and oxygen atoms in total. The van der Waals surface area contributed by atoms with Crippen LogP contribution in [-0.4, -0.2) is 59.5 Å². The van der Waals surface area contributed by atoms with E-state index in [1.54, 1.807) is 13.8 Å². The Bertz CT molecular complexity index is 742. The lowest BCUT2D eigenvalue weighted by molar-refractivity contribution is -0.113. The number of thioether (sulfide) groups is 1. The summed E-state index contributed by atoms with van der Waals surface area (Å²) in [7, 11) is 1.51. The smallest absolute Gasteiger partial charge is 0.341 e. The first-order valence-corrected chi connectivity index (χ1v) is 10.8. The molecule has 1 fully saturated rings. The van der Waals surface area contributed by atoms with Gasteiger partial charge in [-0.3, -0.25) is 9.59 Å². The number of thiophene rings is 1. The Kier molecular flexibility index (Phi) is 8.06. The van der Waals surface area contributed by atoms with Gasteiger partial charge in [0.25, 0.3) is 5.91 Å². The lowest BCUT2D eigenvalue weighted by atomic mass is 10.1. The number of carbonyl (C=O) groups is 3. The molecule has 2 N–H and O–H groups in total. The van der Waals surface area contributed by atoms with Crippen molar-refractivity contribution in [1.29, 1.82) is 0 Å². The highest BCUT2D eigenvalue weighted by Gasteiger charge is 2.26. The molecule has 0 bridgehead atoms. The largest absolute Gasteiger partial charge is 0.462 e. The van der Waals surface area contributed by atoms with Crippen molar-refractivity contribution in [2.45, 2.75) is 26.7 Å². The third-order valence-electron chi connectivity index (χ3n) is 4.00. The van der Waals surface area contributed by atoms with Gasteiger partial charge in [0.05, 0.1) is 22.8 Å². The summed E-state index contributed by atoms with van der Waals surface area (Å²) < 4.78 is 5.79. The van der Waals surface area contributed by atoms with Gasteiger partial charge in [0.1, 0.15) is 9.32 Å². The van der Waals surface area contributed by atoms with Crippen LogP contribution < -0.4 is 10.6 Å². The van der Waals surface area contributed by atoms with E-state index in [-0.39, 0.29) is 29.7 Å². The number of hydrogen-bond acceptors (Lipinski definition) is 7. The number of thiocarbonyl (C=S) groups is 1. The Morgan fingerprint density at radius 2 is 1.96 bits per heavy atom. The van der Waals surface area contributed by atoms with Crippen molar-refractivity contribution in [3.05, 3.63) is 16.0 Å². The molecule has 1 aromatic heterocycles. The van der Waals surface area contributed by atoms with Crippen LogP contribution in [0.25, 0.3) is 0 Å². The highest BCUT2D eigenvalue weighted by atomic mass is 32.2. The maximum Gasteiger partial charge on any atom is 0.341 e. The van der Waals surface area contributed by atoms with Crippen molar-refractivity contribution in [2.75, 3.05) is 37.8 Å². The van der Waals surface area contributed by atoms with E-state index in [1.807, 2.05) is 0 Å². The fourth-order valence-electron chi connectivity index (χ4n) is 2.66. The summed E-state index contributed by atoms with van der Waals surface area (Å²) in [5, 5.41) is 5.60. The van der Waals surface area contributed by atoms with Crippen molar-refractivity contribution < 1.29 is 19.1 Å². The van der Waals surface area contributed by atoms with Crippen molar-refractivity contribution in [3.63, 3.8) is 0 Å². The molecule has 0 radical (unpaired) electrons. The number of esters is 1. The minimum absolute atomic E-state index is 0.143. The molecule has 1 aromatic rings. The standard InChI is InChI=1S/C17H23N3O4S3/c1-4-24-16(23)12-10(2)13(14(22)18-3)27-15(12)19-11(21)9-26-17(25)20-7-5-6-8-20/h4-9H2,1-3H3,(H,18,22)(H,19,21). The van der Waals surface area contributed by atoms with Crippen LogP contribution in [0, 0.1) is 6.92 Å². The summed E-state index contributed by atoms with van der Waals surface area (Å²) in [5.41, 5.74) is 0.717. The fourth-order valence-corrected chi connectivity index (χ4v) is 4.87. The monoisotopic (exact) mass is 429 g/mol. The van der Waals surface area contributed by atoms with Crippen LogP contribution in [0.1, 0.15) is 45.4 Å². The lowest BCUT2D eigenvalue weighted by Crippen LogP contribution is -2.25. The van der Waals surface area contributed by atoms with Crippen LogP contribution in [0.4, 0.5) is 5.00 Å². The van der Waals surface area contributed by atoms with Crippen LogP contribution in [-0.2, 0) is 9.53 Å². The van der Waals surface area contributed by atoms with E-state index in [0.29, 0.717) is 19.8 Å². The average Bonchev–Trinajstić information content (AvgIpc) is 3.27. The second-order valence-corrected chi connectivity index (χ2v) is 8.49. The number of carbonyl (C=O) groups excluding carboxylic acids is 3. The first-order valence-electron chi connectivity index (χ1n) is 8.63. The molecule has 0 spiro atoms. The maximum absolute atomic E-state index is 12.4. The van der Waals surface area contributed by atoms with Crippen LogP contribution >= 0.6 is 35.3 Å². The van der Waals surface area contributed by atoms with Gasteiger partial charge in [0.2, 0.25) is 5.91 Å². The minimum Gasteiger partial charge on any atom is -0.462 e. The average molecular weight is 430 g/mol. The summed E-state index contributed by atoms with van der Waals surface area (Å²) in [6.07, 6.45) is 2.24. The number of rotatable bonds is 6. The van der Waals surface area contributed by atoms with Crippen molar-refractivity contribution in [3.8, 4) is 0 Å². The molecule has 10 heteroatoms. The molecule has 0 aliphatic carbocycles. The van der Waals surface area contributed by atoms with Crippen LogP contribution in [0.2, 0.25) is 0 Å². The Morgan fingerprint density at radius 3 is 2.56 bits per heavy atom. The number of hydrogen-bond donors (Lipinski definition) is 2. The lowest BCUT2D eigenvalue weighted by Gasteiger charge is -2.17. The third-order valence-corrected chi connectivity index (χ3v) is 6.73. The number of nitrogens with zero attached hydrogens (tertiary/aromatic N) is 1. The van der Waals surface area contributed by atoms with Crippen LogP contribution in [0.3, 0.4) is 0 Å². The SMILES string of the molecule is CCOC(=O)c1c(NC(=O)CSC(=S)N2CCCC2)sc(C(=O)NC)c1C. The molecule has 1 saturated heterocycles. The number of amides is 2. The molecule has 0 unspecified atom stereocenters. The number of anilines is 1. The molecule has 2 rings (SSSR count). The highest BCUT2D eigenvalue weighted by Crippen LogP contribution is 2.34. The zero-order chi connectivity index (χ0) is 20.0. The molecule has 1 aliphatic heterocycles. The first-order chi connectivity index (χ1) is 12.9. The van der Waals surface area contributed by atoms with E-state index in [1.165, 1.54) is 18.8 Å². The van der Waals surface area contributed by atoms with Gasteiger partial charge in [-0.1, -0.05) is 24.0 Å². The summed E-state index contributed by atoms with van der Waals surface area (Å²) >= 11 is 7.72. The van der Waals surface area contributed by atoms with Gasteiger partial charge < -0.3 is 20.3 Å². The van der Waals surface area contributed by atoms with E-state index in [2.05, 4.69) is 15.5 Å². The predicted molar refractivity (Wildman–Crippen MR) is 113 cm³/mol. The highest BCUT2D eigenvalue weighted by molar-refractivity contribution is 8.23. The minimum atomic E-state index is -0.558. The van der Waals surface area contributed by atoms with Gasteiger partial charge in [0, 0.05) is 20.1 Å². The number of ether oxygens (including phenoxy) is 1.